The lowest BCUT2D eigenvalue weighted by atomic mass is 9.87. The number of aromatic nitrogens is 8. The maximum atomic E-state index is 4.77. The molecule has 0 spiro atoms. The van der Waals surface area contributed by atoms with E-state index >= 15 is 0 Å². The molecule has 10 rings (SSSR count). The van der Waals surface area contributed by atoms with Crippen molar-refractivity contribution in [3.8, 4) is 0 Å². The number of pyridine rings is 2. The van der Waals surface area contributed by atoms with Crippen LogP contribution >= 0.6 is 15.9 Å². The summed E-state index contributed by atoms with van der Waals surface area (Å²) in [6.07, 6.45) is 17.9. The summed E-state index contributed by atoms with van der Waals surface area (Å²) in [6, 6.07) is 9.12. The molecule has 288 valence electrons. The van der Waals surface area contributed by atoms with E-state index in [9.17, 15) is 0 Å². The van der Waals surface area contributed by atoms with E-state index in [-0.39, 0.29) is 0 Å². The summed E-state index contributed by atoms with van der Waals surface area (Å²) in [5.41, 5.74) is 11.0. The first-order valence-corrected chi connectivity index (χ1v) is 20.6. The quantitative estimate of drug-likeness (QED) is 0.177. The summed E-state index contributed by atoms with van der Waals surface area (Å²) >= 11 is 3.42. The number of nitrogens with one attached hydrogen (secondary N) is 3. The number of aromatic amines is 2. The van der Waals surface area contributed by atoms with Crippen LogP contribution in [-0.2, 0) is 25.9 Å². The highest BCUT2D eigenvalue weighted by molar-refractivity contribution is 9.10. The van der Waals surface area contributed by atoms with Gasteiger partial charge in [-0.1, -0.05) is 0 Å². The lowest BCUT2D eigenvalue weighted by molar-refractivity contribution is 0.252. The Labute approximate surface area is 332 Å². The third-order valence-corrected chi connectivity index (χ3v) is 12.7. The molecule has 2 fully saturated rings. The second-order valence-corrected chi connectivity index (χ2v) is 16.6. The fourth-order valence-corrected chi connectivity index (χ4v) is 9.15. The molecule has 0 bridgehead atoms. The van der Waals surface area contributed by atoms with Crippen molar-refractivity contribution in [2.24, 2.45) is 0 Å². The Balaban J connectivity index is 0.000000130. The van der Waals surface area contributed by atoms with Gasteiger partial charge in [-0.15, -0.1) is 0 Å². The van der Waals surface area contributed by atoms with Gasteiger partial charge in [0.25, 0.3) is 0 Å². The molecule has 0 aliphatic carbocycles. The molecule has 0 amide bonds. The normalized spacial score (nSPS) is 21.0. The van der Waals surface area contributed by atoms with E-state index in [2.05, 4.69) is 111 Å². The zero-order valence-electron chi connectivity index (χ0n) is 32.5. The predicted molar refractivity (Wildman–Crippen MR) is 222 cm³/mol. The Morgan fingerprint density at radius 1 is 0.655 bits per heavy atom. The molecule has 2 unspecified atom stereocenters. The molecule has 12 nitrogen and oxygen atoms in total. The van der Waals surface area contributed by atoms with E-state index in [0.29, 0.717) is 23.9 Å². The molecular formula is C42H53BrN12. The fraction of sp³-hybridized carbons (Fsp3) is 0.476. The van der Waals surface area contributed by atoms with Crippen LogP contribution in [0.5, 0.6) is 0 Å². The number of piperidine rings is 2. The third-order valence-electron chi connectivity index (χ3n) is 12.0. The molecular weight excluding hydrogens is 752 g/mol. The van der Waals surface area contributed by atoms with Crippen LogP contribution in [0.2, 0.25) is 0 Å². The van der Waals surface area contributed by atoms with Crippen LogP contribution in [0.25, 0.3) is 22.1 Å². The number of hydrogen-bond donors (Lipinski definition) is 3. The number of fused-ring (bicyclic) bond motifs is 4. The Bertz CT molecular complexity index is 2200. The standard InChI is InChI=1S/C21H26N6.C14H22N4.C7H5BrN2/c1-14-11-18-17(20(25-13-24-18)15-5-9-26(2)10-6-15)12-27(14)19-4-8-23-21-16(19)3-7-22-21;1-10-7-13-12(8-15-10)14(17-9-16-13)11-3-5-18(2)6-4-11;8-6-2-4-10-7-5(6)1-3-9-7/h3-4,7-8,13-15H,5-6,9-12H2,1-2H3,(H,22,23);9-11,15H,3-8H2,1-2H3;1-4H,(H,9,10). The van der Waals surface area contributed by atoms with Crippen LogP contribution in [0.1, 0.15) is 85.3 Å². The highest BCUT2D eigenvalue weighted by Crippen LogP contribution is 2.37. The van der Waals surface area contributed by atoms with Crippen molar-refractivity contribution in [3.05, 3.63) is 100 Å². The first-order chi connectivity index (χ1) is 26.8. The SMILES string of the molecule is Brc1ccnc2[nH]ccc12.CC1Cc2ncnc(C3CCN(C)CC3)c2CN1.CC1Cc2ncnc(C3CCN(C)CC3)c2CN1c1ccnc2[nH]ccc12. The minimum Gasteiger partial charge on any atom is -0.363 e. The van der Waals surface area contributed by atoms with Gasteiger partial charge in [-0.25, -0.2) is 29.9 Å². The summed E-state index contributed by atoms with van der Waals surface area (Å²) in [4.78, 5) is 40.6. The van der Waals surface area contributed by atoms with Gasteiger partial charge < -0.3 is 30.0 Å². The average Bonchev–Trinajstić information content (AvgIpc) is 3.90. The summed E-state index contributed by atoms with van der Waals surface area (Å²) in [6.45, 7) is 11.0. The number of halogens is 1. The smallest absolute Gasteiger partial charge is 0.139 e. The van der Waals surface area contributed by atoms with Gasteiger partial charge in [0.15, 0.2) is 0 Å². The topological polar surface area (TPSA) is 131 Å². The lowest BCUT2D eigenvalue weighted by Crippen LogP contribution is -2.40. The number of rotatable bonds is 3. The monoisotopic (exact) mass is 804 g/mol. The number of anilines is 1. The molecule has 10 heterocycles. The molecule has 55 heavy (non-hydrogen) atoms. The molecule has 3 N–H and O–H groups in total. The Kier molecular flexibility index (Phi) is 11.5. The van der Waals surface area contributed by atoms with Crippen molar-refractivity contribution in [2.45, 2.75) is 89.4 Å². The van der Waals surface area contributed by atoms with E-state index in [4.69, 9.17) is 4.98 Å². The van der Waals surface area contributed by atoms with Crippen molar-refractivity contribution in [2.75, 3.05) is 45.2 Å². The third kappa shape index (κ3) is 8.30. The van der Waals surface area contributed by atoms with Crippen molar-refractivity contribution in [1.29, 1.82) is 0 Å². The van der Waals surface area contributed by atoms with E-state index in [1.807, 2.05) is 30.7 Å². The number of likely N-dealkylation sites (tertiary alicyclic amines) is 2. The zero-order chi connectivity index (χ0) is 37.9. The molecule has 6 aromatic rings. The van der Waals surface area contributed by atoms with Crippen LogP contribution < -0.4 is 10.2 Å². The molecule has 13 heteroatoms. The first-order valence-electron chi connectivity index (χ1n) is 19.8. The molecule has 4 aliphatic heterocycles. The fourth-order valence-electron chi connectivity index (χ4n) is 8.71. The van der Waals surface area contributed by atoms with E-state index in [0.717, 1.165) is 60.2 Å². The molecule has 2 atom stereocenters. The summed E-state index contributed by atoms with van der Waals surface area (Å²) in [5, 5.41) is 5.85. The zero-order valence-corrected chi connectivity index (χ0v) is 34.1. The molecule has 2 saturated heterocycles. The molecule has 0 radical (unpaired) electrons. The van der Waals surface area contributed by atoms with Gasteiger partial charge in [-0.05, 0) is 120 Å². The molecule has 6 aromatic heterocycles. The summed E-state index contributed by atoms with van der Waals surface area (Å²) in [5.74, 6) is 1.19. The Morgan fingerprint density at radius 2 is 1.22 bits per heavy atom. The number of H-pyrrole nitrogens is 2. The van der Waals surface area contributed by atoms with Gasteiger partial charge >= 0.3 is 0 Å². The van der Waals surface area contributed by atoms with Crippen LogP contribution in [-0.4, -0.2) is 102 Å². The maximum absolute atomic E-state index is 4.77. The predicted octanol–water partition coefficient (Wildman–Crippen LogP) is 6.76. The highest BCUT2D eigenvalue weighted by atomic mass is 79.9. The van der Waals surface area contributed by atoms with Crippen LogP contribution in [0, 0.1) is 0 Å². The van der Waals surface area contributed by atoms with Crippen LogP contribution in [0.3, 0.4) is 0 Å². The second-order valence-electron chi connectivity index (χ2n) is 15.8. The average molecular weight is 806 g/mol. The van der Waals surface area contributed by atoms with Crippen LogP contribution in [0.4, 0.5) is 5.69 Å². The lowest BCUT2D eigenvalue weighted by Gasteiger charge is -2.38. The van der Waals surface area contributed by atoms with Crippen molar-refractivity contribution in [1.82, 2.24) is 55.0 Å². The highest BCUT2D eigenvalue weighted by Gasteiger charge is 2.31. The Morgan fingerprint density at radius 3 is 1.85 bits per heavy atom. The molecule has 0 saturated carbocycles. The molecule has 4 aliphatic rings. The van der Waals surface area contributed by atoms with Gasteiger partial charge in [0.05, 0.1) is 22.8 Å². The van der Waals surface area contributed by atoms with Crippen molar-refractivity contribution in [3.63, 3.8) is 0 Å². The van der Waals surface area contributed by atoms with Gasteiger partial charge in [0.2, 0.25) is 0 Å². The largest absolute Gasteiger partial charge is 0.363 e. The second kappa shape index (κ2) is 16.8. The number of nitrogens with zero attached hydrogens (tertiary/aromatic N) is 9. The minimum atomic E-state index is 0.401. The summed E-state index contributed by atoms with van der Waals surface area (Å²) in [7, 11) is 4.41. The first kappa shape index (κ1) is 37.6. The van der Waals surface area contributed by atoms with E-state index in [1.54, 1.807) is 18.9 Å². The Hall–Kier alpha value is -4.30. The van der Waals surface area contributed by atoms with Gasteiger partial charge in [-0.2, -0.15) is 0 Å². The molecule has 0 aromatic carbocycles. The maximum Gasteiger partial charge on any atom is 0.139 e. The summed E-state index contributed by atoms with van der Waals surface area (Å²) < 4.78 is 1.08. The van der Waals surface area contributed by atoms with Crippen molar-refractivity contribution < 1.29 is 0 Å². The minimum absolute atomic E-state index is 0.401. The van der Waals surface area contributed by atoms with Crippen LogP contribution in [0.15, 0.2) is 66.2 Å². The number of hydrogen-bond acceptors (Lipinski definition) is 10. The van der Waals surface area contributed by atoms with Crippen molar-refractivity contribution >= 4 is 43.7 Å². The van der Waals surface area contributed by atoms with Gasteiger partial charge in [0.1, 0.15) is 23.9 Å². The van der Waals surface area contributed by atoms with E-state index in [1.165, 1.54) is 83.7 Å². The van der Waals surface area contributed by atoms with Gasteiger partial charge in [0, 0.05) is 107 Å². The van der Waals surface area contributed by atoms with Gasteiger partial charge in [-0.3, -0.25) is 0 Å². The van der Waals surface area contributed by atoms with E-state index < -0.39 is 0 Å².